The molecule has 1 rings (SSSR count). The molecule has 6 nitrogen and oxygen atoms in total. The fourth-order valence-electron chi connectivity index (χ4n) is 1.44. The van der Waals surface area contributed by atoms with E-state index in [0.717, 1.165) is 5.56 Å². The van der Waals surface area contributed by atoms with Crippen LogP contribution in [-0.2, 0) is 25.3 Å². The molecule has 0 radical (unpaired) electrons. The number of methoxy groups -OCH3 is 1. The minimum Gasteiger partial charge on any atom is -0.375 e. The molecule has 0 spiro atoms. The molecule has 0 fully saturated rings. The van der Waals surface area contributed by atoms with Crippen molar-refractivity contribution in [3.05, 3.63) is 35.9 Å². The van der Waals surface area contributed by atoms with Gasteiger partial charge in [0.2, 0.25) is 15.9 Å². The summed E-state index contributed by atoms with van der Waals surface area (Å²) in [4.78, 5) is 11.0. The summed E-state index contributed by atoms with van der Waals surface area (Å²) >= 11 is 0. The molecule has 0 aliphatic heterocycles. The summed E-state index contributed by atoms with van der Waals surface area (Å²) in [7, 11) is -1.96. The van der Waals surface area contributed by atoms with Gasteiger partial charge in [-0.25, -0.2) is 13.1 Å². The van der Waals surface area contributed by atoms with Gasteiger partial charge in [0.15, 0.2) is 0 Å². The topological polar surface area (TPSA) is 84.5 Å². The van der Waals surface area contributed by atoms with Crippen LogP contribution in [0.15, 0.2) is 30.3 Å². The standard InChI is InChI=1S/C12H18N2O4S/c1-18-9-12(15)13-7-8-14-19(16,17)10-11-5-3-2-4-6-11/h2-6,14H,7-10H2,1H3,(H,13,15). The smallest absolute Gasteiger partial charge is 0.246 e. The van der Waals surface area contributed by atoms with Crippen molar-refractivity contribution in [1.82, 2.24) is 10.0 Å². The molecule has 0 aliphatic rings. The van der Waals surface area contributed by atoms with Crippen molar-refractivity contribution >= 4 is 15.9 Å². The zero-order valence-corrected chi connectivity index (χ0v) is 11.6. The summed E-state index contributed by atoms with van der Waals surface area (Å²) in [6, 6.07) is 8.90. The van der Waals surface area contributed by atoms with Crippen molar-refractivity contribution < 1.29 is 17.9 Å². The average molecular weight is 286 g/mol. The van der Waals surface area contributed by atoms with Crippen LogP contribution < -0.4 is 10.0 Å². The van der Waals surface area contributed by atoms with Crippen LogP contribution in [0.2, 0.25) is 0 Å². The molecule has 1 aromatic rings. The maximum absolute atomic E-state index is 11.7. The van der Waals surface area contributed by atoms with Gasteiger partial charge in [0.05, 0.1) is 5.75 Å². The fraction of sp³-hybridized carbons (Fsp3) is 0.417. The monoisotopic (exact) mass is 286 g/mol. The largest absolute Gasteiger partial charge is 0.375 e. The molecule has 0 unspecified atom stereocenters. The molecule has 0 aliphatic carbocycles. The predicted octanol–water partition coefficient (Wildman–Crippen LogP) is -0.131. The molecular weight excluding hydrogens is 268 g/mol. The van der Waals surface area contributed by atoms with Crippen LogP contribution >= 0.6 is 0 Å². The minimum atomic E-state index is -3.38. The maximum atomic E-state index is 11.7. The molecule has 0 aromatic heterocycles. The molecule has 0 saturated heterocycles. The number of hydrogen-bond acceptors (Lipinski definition) is 4. The van der Waals surface area contributed by atoms with Crippen LogP contribution in [0.5, 0.6) is 0 Å². The Hall–Kier alpha value is -1.44. The van der Waals surface area contributed by atoms with Gasteiger partial charge in [-0.15, -0.1) is 0 Å². The zero-order valence-electron chi connectivity index (χ0n) is 10.8. The second-order valence-electron chi connectivity index (χ2n) is 3.92. The van der Waals surface area contributed by atoms with Gasteiger partial charge in [0.1, 0.15) is 6.61 Å². The summed E-state index contributed by atoms with van der Waals surface area (Å²) in [5.41, 5.74) is 0.721. The van der Waals surface area contributed by atoms with Gasteiger partial charge in [-0.3, -0.25) is 4.79 Å². The van der Waals surface area contributed by atoms with Crippen LogP contribution in [0.4, 0.5) is 0 Å². The van der Waals surface area contributed by atoms with E-state index >= 15 is 0 Å². The predicted molar refractivity (Wildman–Crippen MR) is 72.0 cm³/mol. The van der Waals surface area contributed by atoms with Crippen LogP contribution in [-0.4, -0.2) is 41.1 Å². The Morgan fingerprint density at radius 3 is 2.53 bits per heavy atom. The summed E-state index contributed by atoms with van der Waals surface area (Å²) in [6.45, 7) is 0.359. The summed E-state index contributed by atoms with van der Waals surface area (Å²) in [6.07, 6.45) is 0. The highest BCUT2D eigenvalue weighted by Crippen LogP contribution is 2.03. The lowest BCUT2D eigenvalue weighted by molar-refractivity contribution is -0.124. The fourth-order valence-corrected chi connectivity index (χ4v) is 2.58. The van der Waals surface area contributed by atoms with E-state index < -0.39 is 10.0 Å². The first-order valence-corrected chi connectivity index (χ1v) is 7.45. The van der Waals surface area contributed by atoms with Crippen molar-refractivity contribution in [3.63, 3.8) is 0 Å². The number of hydrogen-bond donors (Lipinski definition) is 2. The molecule has 1 aromatic carbocycles. The van der Waals surface area contributed by atoms with Gasteiger partial charge in [-0.2, -0.15) is 0 Å². The van der Waals surface area contributed by atoms with Crippen LogP contribution in [0.1, 0.15) is 5.56 Å². The maximum Gasteiger partial charge on any atom is 0.246 e. The molecule has 106 valence electrons. The lowest BCUT2D eigenvalue weighted by Gasteiger charge is -2.07. The van der Waals surface area contributed by atoms with Gasteiger partial charge < -0.3 is 10.1 Å². The summed E-state index contributed by atoms with van der Waals surface area (Å²) in [5.74, 6) is -0.343. The first-order chi connectivity index (χ1) is 9.03. The van der Waals surface area contributed by atoms with Crippen molar-refractivity contribution in [2.24, 2.45) is 0 Å². The Morgan fingerprint density at radius 1 is 1.21 bits per heavy atom. The van der Waals surface area contributed by atoms with E-state index in [9.17, 15) is 13.2 Å². The number of ether oxygens (including phenoxy) is 1. The van der Waals surface area contributed by atoms with Crippen molar-refractivity contribution in [2.45, 2.75) is 5.75 Å². The second-order valence-corrected chi connectivity index (χ2v) is 5.73. The second kappa shape index (κ2) is 7.88. The Bertz CT molecular complexity index is 488. The number of nitrogens with one attached hydrogen (secondary N) is 2. The molecule has 0 bridgehead atoms. The normalized spacial score (nSPS) is 11.2. The lowest BCUT2D eigenvalue weighted by atomic mass is 10.2. The molecule has 7 heteroatoms. The van der Waals surface area contributed by atoms with E-state index in [2.05, 4.69) is 14.8 Å². The van der Waals surface area contributed by atoms with Crippen LogP contribution in [0.3, 0.4) is 0 Å². The van der Waals surface area contributed by atoms with E-state index in [-0.39, 0.29) is 31.4 Å². The van der Waals surface area contributed by atoms with Gasteiger partial charge in [-0.1, -0.05) is 30.3 Å². The highest BCUT2D eigenvalue weighted by Gasteiger charge is 2.10. The molecule has 0 heterocycles. The minimum absolute atomic E-state index is 0.0310. The van der Waals surface area contributed by atoms with Gasteiger partial charge in [-0.05, 0) is 5.56 Å². The van der Waals surface area contributed by atoms with E-state index in [0.29, 0.717) is 0 Å². The van der Waals surface area contributed by atoms with E-state index in [1.165, 1.54) is 7.11 Å². The number of amides is 1. The van der Waals surface area contributed by atoms with Crippen molar-refractivity contribution in [3.8, 4) is 0 Å². The first-order valence-electron chi connectivity index (χ1n) is 5.80. The summed E-state index contributed by atoms with van der Waals surface area (Å²) < 4.78 is 30.5. The molecule has 1 amide bonds. The quantitative estimate of drug-likeness (QED) is 0.652. The number of sulfonamides is 1. The van der Waals surface area contributed by atoms with Crippen molar-refractivity contribution in [1.29, 1.82) is 0 Å². The SMILES string of the molecule is COCC(=O)NCCNS(=O)(=O)Cc1ccccc1. The third-order valence-corrected chi connectivity index (χ3v) is 3.60. The molecular formula is C12H18N2O4S. The Labute approximate surface area is 113 Å². The van der Waals surface area contributed by atoms with Gasteiger partial charge in [0, 0.05) is 20.2 Å². The Kier molecular flexibility index (Phi) is 6.48. The molecule has 2 N–H and O–H groups in total. The molecule has 0 atom stereocenters. The highest BCUT2D eigenvalue weighted by molar-refractivity contribution is 7.88. The zero-order chi connectivity index (χ0) is 14.1. The Morgan fingerprint density at radius 2 is 1.89 bits per heavy atom. The van der Waals surface area contributed by atoms with E-state index in [4.69, 9.17) is 0 Å². The van der Waals surface area contributed by atoms with Crippen LogP contribution in [0, 0.1) is 0 Å². The molecule has 19 heavy (non-hydrogen) atoms. The number of rotatable bonds is 8. The number of carbonyl (C=O) groups excluding carboxylic acids is 1. The average Bonchev–Trinajstić information content (AvgIpc) is 2.36. The lowest BCUT2D eigenvalue weighted by Crippen LogP contribution is -2.36. The van der Waals surface area contributed by atoms with E-state index in [1.54, 1.807) is 24.3 Å². The van der Waals surface area contributed by atoms with Gasteiger partial charge >= 0.3 is 0 Å². The number of benzene rings is 1. The van der Waals surface area contributed by atoms with E-state index in [1.807, 2.05) is 6.07 Å². The summed E-state index contributed by atoms with van der Waals surface area (Å²) in [5, 5.41) is 2.53. The van der Waals surface area contributed by atoms with Gasteiger partial charge in [0.25, 0.3) is 0 Å². The Balaban J connectivity index is 2.30. The van der Waals surface area contributed by atoms with Crippen LogP contribution in [0.25, 0.3) is 0 Å². The third-order valence-electron chi connectivity index (χ3n) is 2.24. The highest BCUT2D eigenvalue weighted by atomic mass is 32.2. The third kappa shape index (κ3) is 6.90. The number of carbonyl (C=O) groups is 1. The van der Waals surface area contributed by atoms with Crippen molar-refractivity contribution in [2.75, 3.05) is 26.8 Å². The first kappa shape index (κ1) is 15.6. The molecule has 0 saturated carbocycles.